The molecule has 11 heteroatoms. The summed E-state index contributed by atoms with van der Waals surface area (Å²) in [5.74, 6) is -2.81. The standard InChI is InChI=1S/C9H17N5O6/c10-5(7(15)16)2-1-3-12-9(11)13-6(8(17)18)4-14(19)20/h5-6H,1-4,10H2,(H,15,16)(H,17,18)(H3,11,12,13)/t5-,6?/m0/s1. The Morgan fingerprint density at radius 2 is 1.95 bits per heavy atom. The normalized spacial score (nSPS) is 14.3. The van der Waals surface area contributed by atoms with Crippen LogP contribution in [0, 0.1) is 10.1 Å². The van der Waals surface area contributed by atoms with Crippen molar-refractivity contribution in [1.82, 2.24) is 5.32 Å². The number of carboxylic acid groups (broad SMARTS) is 2. The van der Waals surface area contributed by atoms with E-state index in [0.717, 1.165) is 0 Å². The summed E-state index contributed by atoms with van der Waals surface area (Å²) >= 11 is 0. The number of carbonyl (C=O) groups is 2. The lowest BCUT2D eigenvalue weighted by Gasteiger charge is -2.11. The summed E-state index contributed by atoms with van der Waals surface area (Å²) in [6.45, 7) is -0.708. The number of aliphatic imine (C=N–C) groups is 1. The Labute approximate surface area is 113 Å². The molecular formula is C9H17N5O6. The molecule has 0 heterocycles. The van der Waals surface area contributed by atoms with E-state index in [0.29, 0.717) is 6.42 Å². The third kappa shape index (κ3) is 7.81. The van der Waals surface area contributed by atoms with E-state index in [2.05, 4.69) is 10.3 Å². The molecule has 0 fully saturated rings. The zero-order valence-corrected chi connectivity index (χ0v) is 10.6. The molecule has 0 amide bonds. The van der Waals surface area contributed by atoms with Gasteiger partial charge < -0.3 is 27.0 Å². The van der Waals surface area contributed by atoms with Gasteiger partial charge in [0.05, 0.1) is 0 Å². The van der Waals surface area contributed by atoms with Crippen LogP contribution in [0.1, 0.15) is 12.8 Å². The summed E-state index contributed by atoms with van der Waals surface area (Å²) < 4.78 is 0. The highest BCUT2D eigenvalue weighted by Gasteiger charge is 2.23. The van der Waals surface area contributed by atoms with Gasteiger partial charge in [-0.2, -0.15) is 0 Å². The van der Waals surface area contributed by atoms with E-state index < -0.39 is 35.5 Å². The average Bonchev–Trinajstić information content (AvgIpc) is 2.32. The van der Waals surface area contributed by atoms with Crippen molar-refractivity contribution in [3.8, 4) is 0 Å². The molecule has 0 aromatic rings. The van der Waals surface area contributed by atoms with E-state index in [1.807, 2.05) is 0 Å². The van der Waals surface area contributed by atoms with E-state index in [4.69, 9.17) is 21.7 Å². The van der Waals surface area contributed by atoms with Crippen molar-refractivity contribution < 1.29 is 24.7 Å². The van der Waals surface area contributed by atoms with Gasteiger partial charge in [0.25, 0.3) is 0 Å². The number of rotatable bonds is 9. The molecule has 0 aliphatic heterocycles. The van der Waals surface area contributed by atoms with Crippen molar-refractivity contribution in [2.75, 3.05) is 13.1 Å². The first kappa shape index (κ1) is 17.6. The molecule has 114 valence electrons. The van der Waals surface area contributed by atoms with Gasteiger partial charge in [-0.3, -0.25) is 19.9 Å². The van der Waals surface area contributed by atoms with Crippen LogP contribution in [0.5, 0.6) is 0 Å². The molecule has 0 rings (SSSR count). The molecule has 7 N–H and O–H groups in total. The highest BCUT2D eigenvalue weighted by Crippen LogP contribution is 1.95. The molecule has 0 aromatic carbocycles. The number of aliphatic carboxylic acids is 2. The summed E-state index contributed by atoms with van der Waals surface area (Å²) in [5, 5.41) is 29.7. The number of nitrogens with one attached hydrogen (secondary N) is 1. The predicted octanol–water partition coefficient (Wildman–Crippen LogP) is -2.19. The van der Waals surface area contributed by atoms with Crippen LogP contribution in [0.2, 0.25) is 0 Å². The Kier molecular flexibility index (Phi) is 7.58. The number of nitrogens with zero attached hydrogens (tertiary/aromatic N) is 2. The van der Waals surface area contributed by atoms with Crippen LogP contribution in [-0.4, -0.2) is 58.2 Å². The van der Waals surface area contributed by atoms with E-state index in [9.17, 15) is 19.7 Å². The van der Waals surface area contributed by atoms with Crippen molar-refractivity contribution in [3.63, 3.8) is 0 Å². The van der Waals surface area contributed by atoms with E-state index in [1.165, 1.54) is 0 Å². The molecule has 1 unspecified atom stereocenters. The molecule has 0 aliphatic rings. The Hall–Kier alpha value is -2.43. The van der Waals surface area contributed by atoms with Gasteiger partial charge in [0.15, 0.2) is 12.0 Å². The highest BCUT2D eigenvalue weighted by molar-refractivity contribution is 5.84. The molecule has 20 heavy (non-hydrogen) atoms. The van der Waals surface area contributed by atoms with Gasteiger partial charge in [0, 0.05) is 11.5 Å². The average molecular weight is 291 g/mol. The van der Waals surface area contributed by atoms with Crippen LogP contribution in [0.25, 0.3) is 0 Å². The molecule has 11 nitrogen and oxygen atoms in total. The molecule has 0 aliphatic carbocycles. The monoisotopic (exact) mass is 291 g/mol. The van der Waals surface area contributed by atoms with E-state index >= 15 is 0 Å². The number of nitrogens with two attached hydrogens (primary N) is 2. The molecule has 0 aromatic heterocycles. The second kappa shape index (κ2) is 8.63. The summed E-state index contributed by atoms with van der Waals surface area (Å²) in [4.78, 5) is 34.3. The Bertz CT molecular complexity index is 398. The number of hydrogen-bond donors (Lipinski definition) is 5. The fraction of sp³-hybridized carbons (Fsp3) is 0.667. The molecule has 2 atom stereocenters. The van der Waals surface area contributed by atoms with Crippen LogP contribution in [0.15, 0.2) is 4.99 Å². The first-order valence-electron chi connectivity index (χ1n) is 5.63. The number of hydrogen-bond acceptors (Lipinski definition) is 6. The molecule has 0 saturated heterocycles. The van der Waals surface area contributed by atoms with Crippen molar-refractivity contribution >= 4 is 17.9 Å². The van der Waals surface area contributed by atoms with Gasteiger partial charge in [0.1, 0.15) is 6.04 Å². The van der Waals surface area contributed by atoms with Gasteiger partial charge in [-0.25, -0.2) is 4.79 Å². The van der Waals surface area contributed by atoms with Crippen molar-refractivity contribution in [3.05, 3.63) is 10.1 Å². The maximum Gasteiger partial charge on any atom is 0.333 e. The van der Waals surface area contributed by atoms with Crippen molar-refractivity contribution in [2.24, 2.45) is 16.5 Å². The second-order valence-corrected chi connectivity index (χ2v) is 3.90. The maximum absolute atomic E-state index is 10.7. The largest absolute Gasteiger partial charge is 0.480 e. The second-order valence-electron chi connectivity index (χ2n) is 3.90. The van der Waals surface area contributed by atoms with E-state index in [-0.39, 0.29) is 18.9 Å². The van der Waals surface area contributed by atoms with Crippen LogP contribution >= 0.6 is 0 Å². The summed E-state index contributed by atoms with van der Waals surface area (Å²) in [6, 6.07) is -2.48. The third-order valence-corrected chi connectivity index (χ3v) is 2.22. The SMILES string of the molecule is NC(=NCCC[C@H](N)C(=O)O)NC(C[N+](=O)[O-])C(=O)O. The molecular weight excluding hydrogens is 274 g/mol. The zero-order valence-electron chi connectivity index (χ0n) is 10.6. The third-order valence-electron chi connectivity index (χ3n) is 2.22. The lowest BCUT2D eigenvalue weighted by Crippen LogP contribution is -2.48. The van der Waals surface area contributed by atoms with E-state index in [1.54, 1.807) is 0 Å². The topological polar surface area (TPSA) is 194 Å². The fourth-order valence-corrected chi connectivity index (χ4v) is 1.19. The quantitative estimate of drug-likeness (QED) is 0.103. The Morgan fingerprint density at radius 3 is 2.40 bits per heavy atom. The first-order chi connectivity index (χ1) is 9.23. The molecule has 0 spiro atoms. The minimum atomic E-state index is -1.48. The van der Waals surface area contributed by atoms with Crippen LogP contribution in [-0.2, 0) is 9.59 Å². The maximum atomic E-state index is 10.7. The van der Waals surface area contributed by atoms with Crippen LogP contribution in [0.4, 0.5) is 0 Å². The highest BCUT2D eigenvalue weighted by atomic mass is 16.6. The molecule has 0 radical (unpaired) electrons. The van der Waals surface area contributed by atoms with Gasteiger partial charge >= 0.3 is 11.9 Å². The van der Waals surface area contributed by atoms with Gasteiger partial charge in [-0.15, -0.1) is 0 Å². The molecule has 0 bridgehead atoms. The zero-order chi connectivity index (χ0) is 15.7. The smallest absolute Gasteiger partial charge is 0.333 e. The van der Waals surface area contributed by atoms with Gasteiger partial charge in [-0.1, -0.05) is 0 Å². The van der Waals surface area contributed by atoms with Crippen molar-refractivity contribution in [1.29, 1.82) is 0 Å². The van der Waals surface area contributed by atoms with Crippen LogP contribution in [0.3, 0.4) is 0 Å². The van der Waals surface area contributed by atoms with Gasteiger partial charge in [-0.05, 0) is 12.8 Å². The number of carboxylic acids is 2. The Morgan fingerprint density at radius 1 is 1.35 bits per heavy atom. The lowest BCUT2D eigenvalue weighted by atomic mass is 10.2. The minimum Gasteiger partial charge on any atom is -0.480 e. The summed E-state index contributed by atoms with van der Waals surface area (Å²) in [7, 11) is 0. The minimum absolute atomic E-state index is 0.130. The Balaban J connectivity index is 4.19. The predicted molar refractivity (Wildman–Crippen MR) is 67.8 cm³/mol. The lowest BCUT2D eigenvalue weighted by molar-refractivity contribution is -0.481. The van der Waals surface area contributed by atoms with Crippen molar-refractivity contribution in [2.45, 2.75) is 24.9 Å². The van der Waals surface area contributed by atoms with Gasteiger partial charge in [0.2, 0.25) is 6.54 Å². The summed E-state index contributed by atoms with van der Waals surface area (Å²) in [6.07, 6.45) is 0.520. The van der Waals surface area contributed by atoms with Crippen LogP contribution < -0.4 is 16.8 Å². The fourth-order valence-electron chi connectivity index (χ4n) is 1.19. The number of nitro groups is 1. The molecule has 0 saturated carbocycles. The summed E-state index contributed by atoms with van der Waals surface area (Å²) in [5.41, 5.74) is 10.6. The first-order valence-corrected chi connectivity index (χ1v) is 5.63. The number of guanidine groups is 1.